The van der Waals surface area contributed by atoms with Gasteiger partial charge >= 0.3 is 5.97 Å². The zero-order chi connectivity index (χ0) is 18.4. The Morgan fingerprint density at radius 1 is 1.04 bits per heavy atom. The standard InChI is InChI=1S/C22H24N2O3/c1-2-26-21(25)20-23-12-19(13-24-20)27-18-5-3-17(4-6-18)22-9-14-7-15(10-22)16(8-14)11-22/h3-6,12-16H,2,7-11H2,1H3. The van der Waals surface area contributed by atoms with Gasteiger partial charge < -0.3 is 9.47 Å². The second-order valence-corrected chi connectivity index (χ2v) is 8.34. The molecule has 0 aliphatic heterocycles. The first-order valence-electron chi connectivity index (χ1n) is 9.93. The number of carbonyl (C=O) groups is 1. The van der Waals surface area contributed by atoms with E-state index in [9.17, 15) is 4.79 Å². The molecular formula is C22H24N2O3. The maximum Gasteiger partial charge on any atom is 0.376 e. The summed E-state index contributed by atoms with van der Waals surface area (Å²) in [6.45, 7) is 2.05. The largest absolute Gasteiger partial charge is 0.460 e. The van der Waals surface area contributed by atoms with E-state index in [0.29, 0.717) is 17.8 Å². The molecule has 0 N–H and O–H groups in total. The molecule has 4 aliphatic rings. The number of rotatable bonds is 5. The van der Waals surface area contributed by atoms with Crippen molar-refractivity contribution in [3.63, 3.8) is 0 Å². The van der Waals surface area contributed by atoms with Gasteiger partial charge in [0, 0.05) is 0 Å². The summed E-state index contributed by atoms with van der Waals surface area (Å²) in [5.74, 6) is 3.68. The monoisotopic (exact) mass is 364 g/mol. The van der Waals surface area contributed by atoms with Gasteiger partial charge in [-0.15, -0.1) is 0 Å². The van der Waals surface area contributed by atoms with Crippen LogP contribution in [0.15, 0.2) is 36.7 Å². The molecule has 1 aromatic heterocycles. The van der Waals surface area contributed by atoms with Crippen LogP contribution in [-0.4, -0.2) is 22.5 Å². The van der Waals surface area contributed by atoms with Crippen LogP contribution in [0.4, 0.5) is 0 Å². The number of esters is 1. The fourth-order valence-electron chi connectivity index (χ4n) is 5.85. The fourth-order valence-corrected chi connectivity index (χ4v) is 5.85. The molecular weight excluding hydrogens is 340 g/mol. The molecule has 2 aromatic rings. The molecule has 0 amide bonds. The normalized spacial score (nSPS) is 30.5. The first-order valence-corrected chi connectivity index (χ1v) is 9.93. The van der Waals surface area contributed by atoms with E-state index in [1.807, 2.05) is 12.1 Å². The summed E-state index contributed by atoms with van der Waals surface area (Å²) in [7, 11) is 0. The number of ether oxygens (including phenoxy) is 2. The molecule has 0 spiro atoms. The quantitative estimate of drug-likeness (QED) is 0.730. The molecule has 1 aromatic carbocycles. The van der Waals surface area contributed by atoms with Crippen LogP contribution in [0.25, 0.3) is 0 Å². The van der Waals surface area contributed by atoms with E-state index in [0.717, 1.165) is 23.5 Å². The molecule has 2 atom stereocenters. The second-order valence-electron chi connectivity index (χ2n) is 8.34. The topological polar surface area (TPSA) is 61.3 Å². The van der Waals surface area contributed by atoms with Crippen molar-refractivity contribution in [3.8, 4) is 11.5 Å². The Bertz CT molecular complexity index is 827. The molecule has 0 radical (unpaired) electrons. The summed E-state index contributed by atoms with van der Waals surface area (Å²) in [5, 5.41) is 0. The van der Waals surface area contributed by atoms with E-state index in [1.165, 1.54) is 50.1 Å². The molecule has 4 fully saturated rings. The van der Waals surface area contributed by atoms with Gasteiger partial charge in [0.1, 0.15) is 5.75 Å². The SMILES string of the molecule is CCOC(=O)c1ncc(Oc2ccc(C34CC5CC(C3)C(C5)C4)cc2)cn1. The minimum absolute atomic E-state index is 0.0466. The lowest BCUT2D eigenvalue weighted by Crippen LogP contribution is -2.31. The van der Waals surface area contributed by atoms with Crippen molar-refractivity contribution in [2.75, 3.05) is 6.61 Å². The summed E-state index contributed by atoms with van der Waals surface area (Å²) >= 11 is 0. The van der Waals surface area contributed by atoms with E-state index < -0.39 is 5.97 Å². The molecule has 1 heterocycles. The summed E-state index contributed by atoms with van der Waals surface area (Å²) in [6, 6.07) is 8.54. The van der Waals surface area contributed by atoms with Crippen LogP contribution in [-0.2, 0) is 10.2 Å². The zero-order valence-electron chi connectivity index (χ0n) is 15.6. The van der Waals surface area contributed by atoms with Crippen molar-refractivity contribution in [2.45, 2.75) is 44.4 Å². The average Bonchev–Trinajstić information content (AvgIpc) is 3.10. The van der Waals surface area contributed by atoms with Gasteiger partial charge in [0.15, 0.2) is 5.75 Å². The second kappa shape index (κ2) is 6.32. The van der Waals surface area contributed by atoms with Crippen molar-refractivity contribution in [3.05, 3.63) is 48.0 Å². The molecule has 4 saturated carbocycles. The summed E-state index contributed by atoms with van der Waals surface area (Å²) < 4.78 is 10.7. The third-order valence-corrected chi connectivity index (χ3v) is 6.71. The lowest BCUT2D eigenvalue weighted by molar-refractivity contribution is 0.0512. The van der Waals surface area contributed by atoms with Crippen molar-refractivity contribution >= 4 is 5.97 Å². The average molecular weight is 364 g/mol. The van der Waals surface area contributed by atoms with Gasteiger partial charge in [-0.25, -0.2) is 14.8 Å². The Labute approximate surface area is 159 Å². The molecule has 5 heteroatoms. The van der Waals surface area contributed by atoms with Gasteiger partial charge in [-0.05, 0) is 79.9 Å². The van der Waals surface area contributed by atoms with Crippen LogP contribution in [0.2, 0.25) is 0 Å². The highest BCUT2D eigenvalue weighted by Gasteiger charge is 2.56. The van der Waals surface area contributed by atoms with E-state index in [2.05, 4.69) is 22.1 Å². The number of carbonyl (C=O) groups excluding carboxylic acids is 1. The molecule has 0 saturated heterocycles. The van der Waals surface area contributed by atoms with E-state index in [1.54, 1.807) is 6.92 Å². The molecule has 140 valence electrons. The molecule has 5 nitrogen and oxygen atoms in total. The van der Waals surface area contributed by atoms with Crippen molar-refractivity contribution in [2.24, 2.45) is 17.8 Å². The highest BCUT2D eigenvalue weighted by molar-refractivity contribution is 5.84. The first kappa shape index (κ1) is 16.7. The van der Waals surface area contributed by atoms with Gasteiger partial charge in [0.2, 0.25) is 5.82 Å². The van der Waals surface area contributed by atoms with Crippen LogP contribution in [0.3, 0.4) is 0 Å². The number of benzene rings is 1. The molecule has 27 heavy (non-hydrogen) atoms. The number of aromatic nitrogens is 2. The van der Waals surface area contributed by atoms with Crippen LogP contribution < -0.4 is 4.74 Å². The highest BCUT2D eigenvalue weighted by atomic mass is 16.5. The minimum atomic E-state index is -0.520. The van der Waals surface area contributed by atoms with Gasteiger partial charge in [0.05, 0.1) is 19.0 Å². The Morgan fingerprint density at radius 3 is 2.30 bits per heavy atom. The lowest BCUT2D eigenvalue weighted by Gasteiger charge is -2.39. The Morgan fingerprint density at radius 2 is 1.70 bits per heavy atom. The number of hydrogen-bond acceptors (Lipinski definition) is 5. The smallest absolute Gasteiger partial charge is 0.376 e. The summed E-state index contributed by atoms with van der Waals surface area (Å²) in [6.07, 6.45) is 10.0. The first-order chi connectivity index (χ1) is 13.1. The number of nitrogens with zero attached hydrogens (tertiary/aromatic N) is 2. The van der Waals surface area contributed by atoms with Crippen molar-refractivity contribution in [1.29, 1.82) is 0 Å². The van der Waals surface area contributed by atoms with Crippen LogP contribution in [0, 0.1) is 17.8 Å². The Kier molecular flexibility index (Phi) is 3.92. The Hall–Kier alpha value is -2.43. The van der Waals surface area contributed by atoms with Gasteiger partial charge in [-0.1, -0.05) is 12.1 Å². The van der Waals surface area contributed by atoms with Gasteiger partial charge in [-0.3, -0.25) is 0 Å². The van der Waals surface area contributed by atoms with Crippen molar-refractivity contribution < 1.29 is 14.3 Å². The number of hydrogen-bond donors (Lipinski definition) is 0. The predicted octanol–water partition coefficient (Wildman–Crippen LogP) is 4.52. The molecule has 2 unspecified atom stereocenters. The maximum absolute atomic E-state index is 11.6. The Balaban J connectivity index is 1.28. The van der Waals surface area contributed by atoms with E-state index in [-0.39, 0.29) is 5.82 Å². The van der Waals surface area contributed by atoms with Gasteiger partial charge in [-0.2, -0.15) is 0 Å². The predicted molar refractivity (Wildman–Crippen MR) is 99.7 cm³/mol. The summed E-state index contributed by atoms with van der Waals surface area (Å²) in [5.41, 5.74) is 1.89. The van der Waals surface area contributed by atoms with Gasteiger partial charge in [0.25, 0.3) is 0 Å². The van der Waals surface area contributed by atoms with Crippen molar-refractivity contribution in [1.82, 2.24) is 9.97 Å². The van der Waals surface area contributed by atoms with Crippen LogP contribution in [0.1, 0.15) is 55.2 Å². The van der Waals surface area contributed by atoms with E-state index in [4.69, 9.17) is 9.47 Å². The molecule has 4 bridgehead atoms. The van der Waals surface area contributed by atoms with Crippen LogP contribution in [0.5, 0.6) is 11.5 Å². The molecule has 4 aliphatic carbocycles. The third-order valence-electron chi connectivity index (χ3n) is 6.71. The molecule has 6 rings (SSSR count). The summed E-state index contributed by atoms with van der Waals surface area (Å²) in [4.78, 5) is 19.6. The fraction of sp³-hybridized carbons (Fsp3) is 0.500. The van der Waals surface area contributed by atoms with Crippen LogP contribution >= 0.6 is 0 Å². The zero-order valence-corrected chi connectivity index (χ0v) is 15.6. The lowest BCUT2D eigenvalue weighted by atomic mass is 9.66. The maximum atomic E-state index is 11.6. The third kappa shape index (κ3) is 2.89. The highest BCUT2D eigenvalue weighted by Crippen LogP contribution is 2.64. The van der Waals surface area contributed by atoms with E-state index >= 15 is 0 Å². The minimum Gasteiger partial charge on any atom is -0.460 e.